The molecule has 4 aromatic rings. The lowest BCUT2D eigenvalue weighted by molar-refractivity contribution is 1.05. The molecule has 6 heteroatoms. The molecule has 2 N–H and O–H groups in total. The molecule has 0 spiro atoms. The number of rotatable bonds is 4. The van der Waals surface area contributed by atoms with E-state index in [0.29, 0.717) is 0 Å². The highest BCUT2D eigenvalue weighted by molar-refractivity contribution is 14.1. The molecule has 0 bridgehead atoms. The summed E-state index contributed by atoms with van der Waals surface area (Å²) in [6, 6.07) is 18.2. The summed E-state index contributed by atoms with van der Waals surface area (Å²) in [6.07, 6.45) is 0. The second-order valence-electron chi connectivity index (χ2n) is 5.76. The molecule has 4 rings (SSSR count). The van der Waals surface area contributed by atoms with E-state index in [4.69, 9.17) is 9.97 Å². The Bertz CT molecular complexity index is 1040. The van der Waals surface area contributed by atoms with Gasteiger partial charge in [-0.1, -0.05) is 59.0 Å². The number of H-pyrrole nitrogens is 1. The van der Waals surface area contributed by atoms with Crippen molar-refractivity contribution in [3.63, 3.8) is 0 Å². The fraction of sp³-hybridized carbons (Fsp3) is 0.105. The molecule has 25 heavy (non-hydrogen) atoms. The number of anilines is 2. The van der Waals surface area contributed by atoms with Crippen LogP contribution in [0.15, 0.2) is 54.6 Å². The third kappa shape index (κ3) is 3.21. The van der Waals surface area contributed by atoms with Crippen LogP contribution in [-0.2, 0) is 4.43 Å². The summed E-state index contributed by atoms with van der Waals surface area (Å²) in [7, 11) is 0. The van der Waals surface area contributed by atoms with E-state index in [1.54, 1.807) is 0 Å². The van der Waals surface area contributed by atoms with Crippen LogP contribution in [0.3, 0.4) is 0 Å². The summed E-state index contributed by atoms with van der Waals surface area (Å²) in [6.45, 7) is 1.97. The first-order valence-corrected chi connectivity index (χ1v) is 9.47. The van der Waals surface area contributed by atoms with Gasteiger partial charge < -0.3 is 5.32 Å². The maximum atomic E-state index is 4.80. The number of nitrogens with zero attached hydrogens (tertiary/aromatic N) is 3. The van der Waals surface area contributed by atoms with Gasteiger partial charge >= 0.3 is 0 Å². The van der Waals surface area contributed by atoms with Gasteiger partial charge in [-0.05, 0) is 24.6 Å². The molecule has 0 saturated heterocycles. The van der Waals surface area contributed by atoms with Gasteiger partial charge in [-0.2, -0.15) is 5.10 Å². The van der Waals surface area contributed by atoms with Gasteiger partial charge in [0.15, 0.2) is 11.6 Å². The fourth-order valence-electron chi connectivity index (χ4n) is 2.75. The lowest BCUT2D eigenvalue weighted by atomic mass is 10.1. The van der Waals surface area contributed by atoms with E-state index in [1.807, 2.05) is 49.4 Å². The lowest BCUT2D eigenvalue weighted by Gasteiger charge is -2.11. The molecule has 0 atom stereocenters. The van der Waals surface area contributed by atoms with Crippen molar-refractivity contribution < 1.29 is 0 Å². The van der Waals surface area contributed by atoms with Crippen LogP contribution in [-0.4, -0.2) is 20.2 Å². The molecular weight excluding hydrogens is 425 g/mol. The van der Waals surface area contributed by atoms with Crippen LogP contribution >= 0.6 is 22.6 Å². The Kier molecular flexibility index (Phi) is 4.35. The predicted molar refractivity (Wildman–Crippen MR) is 109 cm³/mol. The Morgan fingerprint density at radius 3 is 2.64 bits per heavy atom. The van der Waals surface area contributed by atoms with Gasteiger partial charge in [0.05, 0.1) is 5.52 Å². The van der Waals surface area contributed by atoms with E-state index >= 15 is 0 Å². The van der Waals surface area contributed by atoms with Crippen molar-refractivity contribution in [1.29, 1.82) is 0 Å². The molecule has 0 radical (unpaired) electrons. The first kappa shape index (κ1) is 16.0. The van der Waals surface area contributed by atoms with Crippen molar-refractivity contribution in [2.75, 3.05) is 5.32 Å². The number of hydrogen-bond acceptors (Lipinski definition) is 4. The van der Waals surface area contributed by atoms with E-state index in [0.717, 1.165) is 44.0 Å². The summed E-state index contributed by atoms with van der Waals surface area (Å²) in [5, 5.41) is 11.5. The lowest BCUT2D eigenvalue weighted by Crippen LogP contribution is -2.00. The van der Waals surface area contributed by atoms with Gasteiger partial charge in [0.1, 0.15) is 5.82 Å². The molecule has 5 nitrogen and oxygen atoms in total. The maximum absolute atomic E-state index is 4.80. The standard InChI is InChI=1S/C19H16IN5/c1-12-10-17(25-24-12)22-19-15-8-4-5-9-16(15)21-18(23-19)14-7-3-2-6-13(14)11-20/h2-10H,11H2,1H3,(H2,21,22,23,24,25). The van der Waals surface area contributed by atoms with E-state index < -0.39 is 0 Å². The van der Waals surface area contributed by atoms with E-state index in [-0.39, 0.29) is 0 Å². The van der Waals surface area contributed by atoms with Gasteiger partial charge in [0.25, 0.3) is 0 Å². The molecule has 0 aliphatic heterocycles. The first-order chi connectivity index (χ1) is 12.2. The Balaban J connectivity index is 1.89. The molecule has 0 fully saturated rings. The second kappa shape index (κ2) is 6.79. The Morgan fingerprint density at radius 2 is 1.84 bits per heavy atom. The Morgan fingerprint density at radius 1 is 1.04 bits per heavy atom. The minimum Gasteiger partial charge on any atom is -0.323 e. The zero-order valence-corrected chi connectivity index (χ0v) is 15.8. The van der Waals surface area contributed by atoms with Crippen LogP contribution in [0, 0.1) is 6.92 Å². The largest absolute Gasteiger partial charge is 0.323 e. The van der Waals surface area contributed by atoms with Crippen molar-refractivity contribution in [3.8, 4) is 11.4 Å². The topological polar surface area (TPSA) is 66.5 Å². The molecule has 0 saturated carbocycles. The van der Waals surface area contributed by atoms with Crippen LogP contribution < -0.4 is 5.32 Å². The zero-order valence-electron chi connectivity index (χ0n) is 13.6. The minimum atomic E-state index is 0.723. The third-order valence-electron chi connectivity index (χ3n) is 3.96. The number of alkyl halides is 1. The SMILES string of the molecule is Cc1cc(Nc2nc(-c3ccccc3CI)nc3ccccc23)n[nH]1. The molecule has 2 aromatic carbocycles. The number of aromatic nitrogens is 4. The van der Waals surface area contributed by atoms with Gasteiger partial charge in [0, 0.05) is 27.1 Å². The highest BCUT2D eigenvalue weighted by Crippen LogP contribution is 2.29. The highest BCUT2D eigenvalue weighted by atomic mass is 127. The minimum absolute atomic E-state index is 0.723. The maximum Gasteiger partial charge on any atom is 0.162 e. The predicted octanol–water partition coefficient (Wildman–Crippen LogP) is 5.01. The Labute approximate surface area is 159 Å². The molecule has 2 heterocycles. The Hall–Kier alpha value is -2.48. The summed E-state index contributed by atoms with van der Waals surface area (Å²) in [4.78, 5) is 9.58. The van der Waals surface area contributed by atoms with Crippen molar-refractivity contribution in [2.24, 2.45) is 0 Å². The molecule has 0 unspecified atom stereocenters. The quantitative estimate of drug-likeness (QED) is 0.345. The average molecular weight is 441 g/mol. The van der Waals surface area contributed by atoms with Crippen molar-refractivity contribution >= 4 is 45.1 Å². The molecule has 2 aromatic heterocycles. The van der Waals surface area contributed by atoms with E-state index in [2.05, 4.69) is 50.2 Å². The van der Waals surface area contributed by atoms with Crippen molar-refractivity contribution in [1.82, 2.24) is 20.2 Å². The van der Waals surface area contributed by atoms with Crippen molar-refractivity contribution in [2.45, 2.75) is 11.4 Å². The van der Waals surface area contributed by atoms with Crippen LogP contribution in [0.1, 0.15) is 11.3 Å². The second-order valence-corrected chi connectivity index (χ2v) is 6.53. The van der Waals surface area contributed by atoms with Crippen LogP contribution in [0.25, 0.3) is 22.3 Å². The molecule has 0 aliphatic rings. The van der Waals surface area contributed by atoms with Gasteiger partial charge in [-0.3, -0.25) is 5.10 Å². The van der Waals surface area contributed by atoms with E-state index in [1.165, 1.54) is 5.56 Å². The highest BCUT2D eigenvalue weighted by Gasteiger charge is 2.12. The number of fused-ring (bicyclic) bond motifs is 1. The summed E-state index contributed by atoms with van der Waals surface area (Å²) in [5.74, 6) is 2.23. The smallest absolute Gasteiger partial charge is 0.162 e. The number of para-hydroxylation sites is 1. The summed E-state index contributed by atoms with van der Waals surface area (Å²) >= 11 is 2.37. The van der Waals surface area contributed by atoms with Gasteiger partial charge in [-0.25, -0.2) is 9.97 Å². The molecule has 124 valence electrons. The van der Waals surface area contributed by atoms with Gasteiger partial charge in [0.2, 0.25) is 0 Å². The first-order valence-electron chi connectivity index (χ1n) is 7.94. The number of halogens is 1. The normalized spacial score (nSPS) is 11.0. The summed E-state index contributed by atoms with van der Waals surface area (Å²) in [5.41, 5.74) is 4.19. The number of aryl methyl sites for hydroxylation is 1. The van der Waals surface area contributed by atoms with Gasteiger partial charge in [-0.15, -0.1) is 0 Å². The molecular formula is C19H16IN5. The molecule has 0 amide bonds. The number of hydrogen-bond donors (Lipinski definition) is 2. The van der Waals surface area contributed by atoms with Crippen LogP contribution in [0.2, 0.25) is 0 Å². The number of aromatic amines is 1. The zero-order chi connectivity index (χ0) is 17.2. The van der Waals surface area contributed by atoms with Crippen LogP contribution in [0.4, 0.5) is 11.6 Å². The van der Waals surface area contributed by atoms with Crippen molar-refractivity contribution in [3.05, 3.63) is 65.9 Å². The third-order valence-corrected chi connectivity index (χ3v) is 4.78. The van der Waals surface area contributed by atoms with E-state index in [9.17, 15) is 0 Å². The molecule has 0 aliphatic carbocycles. The average Bonchev–Trinajstić information content (AvgIpc) is 3.06. The number of nitrogens with one attached hydrogen (secondary N) is 2. The number of benzene rings is 2. The monoisotopic (exact) mass is 441 g/mol. The van der Waals surface area contributed by atoms with Crippen LogP contribution in [0.5, 0.6) is 0 Å². The summed E-state index contributed by atoms with van der Waals surface area (Å²) < 4.78 is 0.908. The fourth-order valence-corrected chi connectivity index (χ4v) is 3.42.